The van der Waals surface area contributed by atoms with Crippen molar-refractivity contribution in [3.05, 3.63) is 29.3 Å². The monoisotopic (exact) mass is 418 g/mol. The number of methoxy groups -OCH3 is 1. The van der Waals surface area contributed by atoms with Gasteiger partial charge < -0.3 is 25.0 Å². The molecule has 1 aromatic carbocycles. The van der Waals surface area contributed by atoms with Crippen LogP contribution in [-0.2, 0) is 11.2 Å². The van der Waals surface area contributed by atoms with Crippen LogP contribution in [0.15, 0.2) is 23.2 Å². The highest BCUT2D eigenvalue weighted by molar-refractivity contribution is 5.79. The molecule has 1 fully saturated rings. The number of carbonyl (C=O) groups is 1. The normalized spacial score (nSPS) is 17.5. The van der Waals surface area contributed by atoms with Crippen LogP contribution < -0.4 is 15.4 Å². The van der Waals surface area contributed by atoms with Gasteiger partial charge >= 0.3 is 6.09 Å². The van der Waals surface area contributed by atoms with Crippen molar-refractivity contribution in [3.8, 4) is 5.75 Å². The minimum atomic E-state index is -0.464. The Morgan fingerprint density at radius 1 is 1.30 bits per heavy atom. The Hall–Kier alpha value is -2.44. The molecule has 0 radical (unpaired) electrons. The van der Waals surface area contributed by atoms with Crippen LogP contribution in [0, 0.1) is 12.8 Å². The van der Waals surface area contributed by atoms with Gasteiger partial charge in [0.15, 0.2) is 5.96 Å². The smallest absolute Gasteiger partial charge is 0.410 e. The topological polar surface area (TPSA) is 75.2 Å². The van der Waals surface area contributed by atoms with E-state index in [2.05, 4.69) is 34.7 Å². The lowest BCUT2D eigenvalue weighted by atomic mass is 9.98. The lowest BCUT2D eigenvalue weighted by Crippen LogP contribution is -2.47. The number of aliphatic imine (C=N–C) groups is 1. The first kappa shape index (κ1) is 23.8. The van der Waals surface area contributed by atoms with Gasteiger partial charge in [0.2, 0.25) is 0 Å². The Labute approximate surface area is 181 Å². The minimum absolute atomic E-state index is 0.221. The summed E-state index contributed by atoms with van der Waals surface area (Å²) < 4.78 is 11.0. The zero-order valence-corrected chi connectivity index (χ0v) is 19.4. The number of amides is 1. The third-order valence-electron chi connectivity index (χ3n) is 5.08. The second-order valence-corrected chi connectivity index (χ2v) is 8.88. The highest BCUT2D eigenvalue weighted by Gasteiger charge is 2.27. The maximum absolute atomic E-state index is 12.3. The largest absolute Gasteiger partial charge is 0.496 e. The standard InChI is InChI=1S/C23H38N4O3/c1-17-9-10-20(29-6)19(14-17)11-12-25-21(24-5)26-15-18-8-7-13-27(16-18)22(28)30-23(2,3)4/h9-10,14,18H,7-8,11-13,15-16H2,1-6H3,(H2,24,25,26). The Morgan fingerprint density at radius 3 is 2.73 bits per heavy atom. The number of benzene rings is 1. The molecule has 0 saturated carbocycles. The molecule has 7 heteroatoms. The molecular weight excluding hydrogens is 380 g/mol. The summed E-state index contributed by atoms with van der Waals surface area (Å²) in [5, 5.41) is 6.77. The highest BCUT2D eigenvalue weighted by Crippen LogP contribution is 2.20. The van der Waals surface area contributed by atoms with Crippen LogP contribution in [0.1, 0.15) is 44.7 Å². The van der Waals surface area contributed by atoms with E-state index in [-0.39, 0.29) is 6.09 Å². The van der Waals surface area contributed by atoms with Gasteiger partial charge in [0.1, 0.15) is 11.4 Å². The average Bonchev–Trinajstić information content (AvgIpc) is 2.69. The van der Waals surface area contributed by atoms with Gasteiger partial charge in [-0.05, 0) is 64.5 Å². The van der Waals surface area contributed by atoms with Crippen molar-refractivity contribution in [2.45, 2.75) is 52.6 Å². The van der Waals surface area contributed by atoms with Gasteiger partial charge in [0.05, 0.1) is 7.11 Å². The zero-order chi connectivity index (χ0) is 22.1. The number of carbonyl (C=O) groups excluding carboxylic acids is 1. The lowest BCUT2D eigenvalue weighted by Gasteiger charge is -2.34. The molecule has 1 amide bonds. The van der Waals surface area contributed by atoms with Crippen molar-refractivity contribution in [3.63, 3.8) is 0 Å². The summed E-state index contributed by atoms with van der Waals surface area (Å²) in [5.74, 6) is 2.06. The van der Waals surface area contributed by atoms with Gasteiger partial charge in [0, 0.05) is 33.2 Å². The van der Waals surface area contributed by atoms with E-state index in [9.17, 15) is 4.79 Å². The van der Waals surface area contributed by atoms with Crippen molar-refractivity contribution < 1.29 is 14.3 Å². The number of hydrogen-bond acceptors (Lipinski definition) is 4. The number of likely N-dealkylation sites (tertiary alicyclic amines) is 1. The van der Waals surface area contributed by atoms with Crippen molar-refractivity contribution in [1.82, 2.24) is 15.5 Å². The van der Waals surface area contributed by atoms with Crippen LogP contribution in [0.25, 0.3) is 0 Å². The second kappa shape index (κ2) is 11.1. The molecule has 0 aromatic heterocycles. The van der Waals surface area contributed by atoms with E-state index in [0.717, 1.165) is 50.6 Å². The third kappa shape index (κ3) is 7.76. The van der Waals surface area contributed by atoms with E-state index >= 15 is 0 Å². The number of guanidine groups is 1. The Bertz CT molecular complexity index is 728. The van der Waals surface area contributed by atoms with Crippen LogP contribution in [0.3, 0.4) is 0 Å². The summed E-state index contributed by atoms with van der Waals surface area (Å²) in [4.78, 5) is 18.5. The zero-order valence-electron chi connectivity index (χ0n) is 19.4. The first-order valence-electron chi connectivity index (χ1n) is 10.8. The minimum Gasteiger partial charge on any atom is -0.496 e. The lowest BCUT2D eigenvalue weighted by molar-refractivity contribution is 0.0168. The van der Waals surface area contributed by atoms with E-state index in [0.29, 0.717) is 12.5 Å². The van der Waals surface area contributed by atoms with E-state index in [1.54, 1.807) is 14.2 Å². The predicted octanol–water partition coefficient (Wildman–Crippen LogP) is 3.36. The second-order valence-electron chi connectivity index (χ2n) is 8.88. The van der Waals surface area contributed by atoms with Crippen LogP contribution >= 0.6 is 0 Å². The van der Waals surface area contributed by atoms with Crippen LogP contribution in [0.4, 0.5) is 4.79 Å². The number of aryl methyl sites for hydroxylation is 1. The number of piperidine rings is 1. The summed E-state index contributed by atoms with van der Waals surface area (Å²) in [6.07, 6.45) is 2.71. The number of nitrogens with one attached hydrogen (secondary N) is 2. The highest BCUT2D eigenvalue weighted by atomic mass is 16.6. The first-order valence-corrected chi connectivity index (χ1v) is 10.8. The Balaban J connectivity index is 1.78. The summed E-state index contributed by atoms with van der Waals surface area (Å²) in [5.41, 5.74) is 1.94. The van der Waals surface area contributed by atoms with E-state index in [1.807, 2.05) is 31.7 Å². The van der Waals surface area contributed by atoms with Gasteiger partial charge in [-0.25, -0.2) is 4.79 Å². The summed E-state index contributed by atoms with van der Waals surface area (Å²) >= 11 is 0. The van der Waals surface area contributed by atoms with Gasteiger partial charge in [0.25, 0.3) is 0 Å². The maximum atomic E-state index is 12.3. The van der Waals surface area contributed by atoms with Gasteiger partial charge in [-0.15, -0.1) is 0 Å². The molecule has 1 aliphatic heterocycles. The van der Waals surface area contributed by atoms with Gasteiger partial charge in [-0.1, -0.05) is 17.7 Å². The third-order valence-corrected chi connectivity index (χ3v) is 5.08. The van der Waals surface area contributed by atoms with E-state index in [4.69, 9.17) is 9.47 Å². The number of ether oxygens (including phenoxy) is 2. The van der Waals surface area contributed by atoms with Crippen molar-refractivity contribution in [2.75, 3.05) is 40.3 Å². The molecule has 0 bridgehead atoms. The molecule has 1 saturated heterocycles. The Morgan fingerprint density at radius 2 is 2.07 bits per heavy atom. The summed E-state index contributed by atoms with van der Waals surface area (Å²) in [6, 6.07) is 6.22. The fourth-order valence-corrected chi connectivity index (χ4v) is 3.60. The molecule has 7 nitrogen and oxygen atoms in total. The maximum Gasteiger partial charge on any atom is 0.410 e. The Kier molecular flexibility index (Phi) is 8.81. The van der Waals surface area contributed by atoms with Crippen LogP contribution in [0.2, 0.25) is 0 Å². The molecule has 1 aromatic rings. The molecule has 168 valence electrons. The molecule has 2 rings (SSSR count). The molecular formula is C23H38N4O3. The van der Waals surface area contributed by atoms with Crippen LogP contribution in [0.5, 0.6) is 5.75 Å². The quantitative estimate of drug-likeness (QED) is 0.547. The molecule has 0 aliphatic carbocycles. The van der Waals surface area contributed by atoms with Gasteiger partial charge in [-0.3, -0.25) is 4.99 Å². The van der Waals surface area contributed by atoms with Crippen molar-refractivity contribution >= 4 is 12.1 Å². The molecule has 30 heavy (non-hydrogen) atoms. The predicted molar refractivity (Wildman–Crippen MR) is 121 cm³/mol. The molecule has 1 atom stereocenters. The average molecular weight is 419 g/mol. The fraction of sp³-hybridized carbons (Fsp3) is 0.652. The number of nitrogens with zero attached hydrogens (tertiary/aromatic N) is 2. The first-order chi connectivity index (χ1) is 14.2. The fourth-order valence-electron chi connectivity index (χ4n) is 3.60. The molecule has 0 spiro atoms. The van der Waals surface area contributed by atoms with Gasteiger partial charge in [-0.2, -0.15) is 0 Å². The molecule has 2 N–H and O–H groups in total. The number of hydrogen-bond donors (Lipinski definition) is 2. The van der Waals surface area contributed by atoms with E-state index < -0.39 is 5.60 Å². The van der Waals surface area contributed by atoms with Crippen molar-refractivity contribution in [1.29, 1.82) is 0 Å². The van der Waals surface area contributed by atoms with Crippen LogP contribution in [-0.4, -0.2) is 62.9 Å². The molecule has 1 unspecified atom stereocenters. The molecule has 1 heterocycles. The summed E-state index contributed by atoms with van der Waals surface area (Å²) in [7, 11) is 3.48. The van der Waals surface area contributed by atoms with E-state index in [1.165, 1.54) is 11.1 Å². The number of rotatable bonds is 6. The van der Waals surface area contributed by atoms with Crippen molar-refractivity contribution in [2.24, 2.45) is 10.9 Å². The SMILES string of the molecule is CN=C(NCCc1cc(C)ccc1OC)NCC1CCCN(C(=O)OC(C)(C)C)C1. The summed E-state index contributed by atoms with van der Waals surface area (Å²) in [6.45, 7) is 10.8. The molecule has 1 aliphatic rings.